The molecule has 164 valence electrons. The maximum atomic E-state index is 12.4. The number of carbonyl (C=O) groups is 1. The summed E-state index contributed by atoms with van der Waals surface area (Å²) in [5.74, 6) is -1.14. The zero-order valence-corrected chi connectivity index (χ0v) is 17.4. The molecule has 0 unspecified atom stereocenters. The molecule has 0 fully saturated rings. The molecule has 0 aliphatic carbocycles. The van der Waals surface area contributed by atoms with Gasteiger partial charge in [0.25, 0.3) is 11.6 Å². The molecule has 0 aliphatic rings. The van der Waals surface area contributed by atoms with E-state index in [-0.39, 0.29) is 16.4 Å². The van der Waals surface area contributed by atoms with Crippen molar-refractivity contribution in [3.63, 3.8) is 0 Å². The van der Waals surface area contributed by atoms with Crippen molar-refractivity contribution in [2.75, 3.05) is 5.43 Å². The summed E-state index contributed by atoms with van der Waals surface area (Å²) in [4.78, 5) is 46.9. The third kappa shape index (κ3) is 4.52. The maximum absolute atomic E-state index is 12.4. The number of hydrazine groups is 1. The number of amides is 1. The van der Waals surface area contributed by atoms with E-state index in [1.165, 1.54) is 24.3 Å². The summed E-state index contributed by atoms with van der Waals surface area (Å²) in [6.07, 6.45) is 2.72. The van der Waals surface area contributed by atoms with E-state index in [2.05, 4.69) is 25.8 Å². The molecule has 0 saturated carbocycles. The summed E-state index contributed by atoms with van der Waals surface area (Å²) in [6, 6.07) is 14.4. The maximum Gasteiger partial charge on any atom is 0.345 e. The van der Waals surface area contributed by atoms with Crippen molar-refractivity contribution in [3.8, 4) is 0 Å². The van der Waals surface area contributed by atoms with Gasteiger partial charge in [-0.05, 0) is 18.2 Å². The molecule has 2 aromatic heterocycles. The van der Waals surface area contributed by atoms with Gasteiger partial charge in [-0.3, -0.25) is 40.9 Å². The molecule has 0 aliphatic heterocycles. The summed E-state index contributed by atoms with van der Waals surface area (Å²) in [5, 5.41) is 23.8. The lowest BCUT2D eigenvalue weighted by Gasteiger charge is -2.10. The van der Waals surface area contributed by atoms with Gasteiger partial charge in [0.15, 0.2) is 5.03 Å². The molecule has 2 N–H and O–H groups in total. The highest BCUT2D eigenvalue weighted by atomic mass is 32.2. The van der Waals surface area contributed by atoms with Gasteiger partial charge in [-0.15, -0.1) is 0 Å². The Morgan fingerprint density at radius 2 is 1.70 bits per heavy atom. The van der Waals surface area contributed by atoms with E-state index in [1.807, 2.05) is 12.1 Å². The molecular formula is C20H13N7O5S. The molecule has 0 saturated heterocycles. The number of hydrogen-bond acceptors (Lipinski definition) is 10. The Labute approximate surface area is 189 Å². The standard InChI is InChI=1S/C20H13N7O5S/c28-19(13-7-1-2-8-14(13)26(29)30)25-24-18-17(27(31)32)20(23-11-22-18)33-15-9-3-5-12-6-4-10-21-16(12)15/h1-11H,(H,25,28)(H,22,23,24). The van der Waals surface area contributed by atoms with Crippen LogP contribution in [0.15, 0.2) is 77.0 Å². The van der Waals surface area contributed by atoms with E-state index in [1.54, 1.807) is 24.4 Å². The Kier molecular flexibility index (Phi) is 6.04. The van der Waals surface area contributed by atoms with Crippen molar-refractivity contribution in [2.45, 2.75) is 9.92 Å². The summed E-state index contributed by atoms with van der Waals surface area (Å²) in [5.41, 5.74) is 4.14. The first kappa shape index (κ1) is 21.6. The van der Waals surface area contributed by atoms with Crippen molar-refractivity contribution in [1.82, 2.24) is 20.4 Å². The average Bonchev–Trinajstić information content (AvgIpc) is 2.82. The molecule has 13 heteroatoms. The van der Waals surface area contributed by atoms with Gasteiger partial charge in [-0.25, -0.2) is 9.97 Å². The molecule has 0 radical (unpaired) electrons. The van der Waals surface area contributed by atoms with Crippen LogP contribution in [0.1, 0.15) is 10.4 Å². The van der Waals surface area contributed by atoms with Gasteiger partial charge in [0.1, 0.15) is 11.9 Å². The van der Waals surface area contributed by atoms with E-state index in [4.69, 9.17) is 0 Å². The molecule has 12 nitrogen and oxygen atoms in total. The highest BCUT2D eigenvalue weighted by Gasteiger charge is 2.26. The van der Waals surface area contributed by atoms with Gasteiger partial charge in [0, 0.05) is 22.5 Å². The summed E-state index contributed by atoms with van der Waals surface area (Å²) in [7, 11) is 0. The summed E-state index contributed by atoms with van der Waals surface area (Å²) in [6.45, 7) is 0. The zero-order chi connectivity index (χ0) is 23.4. The lowest BCUT2D eigenvalue weighted by molar-refractivity contribution is -0.387. The molecule has 1 amide bonds. The fraction of sp³-hybridized carbons (Fsp3) is 0. The number of rotatable bonds is 7. The number of anilines is 1. The van der Waals surface area contributed by atoms with E-state index < -0.39 is 27.1 Å². The third-order valence-corrected chi connectivity index (χ3v) is 5.45. The Balaban J connectivity index is 1.63. The Hall–Kier alpha value is -4.65. The smallest absolute Gasteiger partial charge is 0.276 e. The number of carbonyl (C=O) groups excluding carboxylic acids is 1. The highest BCUT2D eigenvalue weighted by Crippen LogP contribution is 2.38. The molecule has 0 spiro atoms. The van der Waals surface area contributed by atoms with E-state index in [0.717, 1.165) is 23.5 Å². The Bertz CT molecular complexity index is 1390. The number of nitro benzene ring substituents is 1. The fourth-order valence-electron chi connectivity index (χ4n) is 2.96. The van der Waals surface area contributed by atoms with Crippen molar-refractivity contribution in [3.05, 3.63) is 92.9 Å². The average molecular weight is 463 g/mol. The van der Waals surface area contributed by atoms with Crippen LogP contribution in [0.4, 0.5) is 17.2 Å². The van der Waals surface area contributed by atoms with E-state index >= 15 is 0 Å². The number of nitrogens with zero attached hydrogens (tertiary/aromatic N) is 5. The zero-order valence-electron chi connectivity index (χ0n) is 16.5. The van der Waals surface area contributed by atoms with Crippen LogP contribution in [-0.2, 0) is 0 Å². The van der Waals surface area contributed by atoms with Crippen LogP contribution in [0, 0.1) is 20.2 Å². The molecule has 4 rings (SSSR count). The first-order chi connectivity index (χ1) is 16.0. The van der Waals surface area contributed by atoms with Crippen LogP contribution in [0.25, 0.3) is 10.9 Å². The van der Waals surface area contributed by atoms with Gasteiger partial charge >= 0.3 is 5.69 Å². The van der Waals surface area contributed by atoms with Crippen LogP contribution in [0.2, 0.25) is 0 Å². The molecule has 33 heavy (non-hydrogen) atoms. The van der Waals surface area contributed by atoms with Gasteiger partial charge in [-0.2, -0.15) is 0 Å². The predicted octanol–water partition coefficient (Wildman–Crippen LogP) is 3.75. The number of benzene rings is 2. The number of aromatic nitrogens is 3. The normalized spacial score (nSPS) is 10.5. The van der Waals surface area contributed by atoms with Gasteiger partial charge in [0.2, 0.25) is 5.82 Å². The van der Waals surface area contributed by atoms with Crippen molar-refractivity contribution < 1.29 is 14.6 Å². The van der Waals surface area contributed by atoms with Crippen molar-refractivity contribution >= 4 is 45.8 Å². The van der Waals surface area contributed by atoms with Gasteiger partial charge in [-0.1, -0.05) is 42.1 Å². The monoisotopic (exact) mass is 463 g/mol. The SMILES string of the molecule is O=C(NNc1ncnc(Sc2cccc3cccnc23)c1[N+](=O)[O-])c1ccccc1[N+](=O)[O-]. The highest BCUT2D eigenvalue weighted by molar-refractivity contribution is 7.99. The first-order valence-corrected chi connectivity index (χ1v) is 10.1. The van der Waals surface area contributed by atoms with Gasteiger partial charge < -0.3 is 0 Å². The minimum absolute atomic E-state index is 0.0237. The predicted molar refractivity (Wildman–Crippen MR) is 119 cm³/mol. The Morgan fingerprint density at radius 1 is 0.909 bits per heavy atom. The number of fused-ring (bicyclic) bond motifs is 1. The quantitative estimate of drug-likeness (QED) is 0.234. The van der Waals surface area contributed by atoms with Crippen molar-refractivity contribution in [2.24, 2.45) is 0 Å². The number of nitro groups is 2. The molecule has 2 aromatic carbocycles. The van der Waals surface area contributed by atoms with Crippen LogP contribution >= 0.6 is 11.8 Å². The van der Waals surface area contributed by atoms with E-state index in [0.29, 0.717) is 10.4 Å². The second kappa shape index (κ2) is 9.23. The van der Waals surface area contributed by atoms with Crippen LogP contribution in [-0.4, -0.2) is 30.7 Å². The lowest BCUT2D eigenvalue weighted by Crippen LogP contribution is -2.30. The third-order valence-electron chi connectivity index (χ3n) is 4.41. The summed E-state index contributed by atoms with van der Waals surface area (Å²) < 4.78 is 0. The second-order valence-corrected chi connectivity index (χ2v) is 7.45. The molecule has 0 atom stereocenters. The number of para-hydroxylation sites is 2. The second-order valence-electron chi connectivity index (χ2n) is 6.42. The fourth-order valence-corrected chi connectivity index (χ4v) is 3.95. The lowest BCUT2D eigenvalue weighted by atomic mass is 10.2. The van der Waals surface area contributed by atoms with Crippen LogP contribution in [0.5, 0.6) is 0 Å². The van der Waals surface area contributed by atoms with Gasteiger partial charge in [0.05, 0.1) is 15.4 Å². The number of nitrogens with one attached hydrogen (secondary N) is 2. The molecular weight excluding hydrogens is 450 g/mol. The first-order valence-electron chi connectivity index (χ1n) is 9.26. The molecule has 2 heterocycles. The summed E-state index contributed by atoms with van der Waals surface area (Å²) >= 11 is 1.03. The minimum atomic E-state index is -0.859. The van der Waals surface area contributed by atoms with Crippen LogP contribution < -0.4 is 10.9 Å². The Morgan fingerprint density at radius 3 is 2.48 bits per heavy atom. The number of hydrogen-bond donors (Lipinski definition) is 2. The largest absolute Gasteiger partial charge is 0.345 e. The molecule has 4 aromatic rings. The van der Waals surface area contributed by atoms with E-state index in [9.17, 15) is 25.0 Å². The van der Waals surface area contributed by atoms with Crippen molar-refractivity contribution in [1.29, 1.82) is 0 Å². The number of pyridine rings is 1. The molecule has 0 bridgehead atoms. The van der Waals surface area contributed by atoms with Crippen LogP contribution in [0.3, 0.4) is 0 Å². The topological polar surface area (TPSA) is 166 Å². The minimum Gasteiger partial charge on any atom is -0.276 e.